The van der Waals surface area contributed by atoms with Crippen molar-refractivity contribution >= 4 is 47.8 Å². The number of benzene rings is 2. The molecule has 2 amide bonds. The Morgan fingerprint density at radius 2 is 1.13 bits per heavy atom. The molecule has 0 heterocycles. The number of hydrogen-bond donors (Lipinski definition) is 0. The third-order valence-corrected chi connectivity index (χ3v) is 6.66. The molecule has 0 aliphatic rings. The molecular formula is C22H28N2O4S3. The lowest BCUT2D eigenvalue weighted by molar-refractivity contribution is 0.181. The van der Waals surface area contributed by atoms with E-state index in [0.29, 0.717) is 11.5 Å². The summed E-state index contributed by atoms with van der Waals surface area (Å²) in [6.45, 7) is 4.17. The molecule has 2 rings (SSSR count). The van der Waals surface area contributed by atoms with Crippen molar-refractivity contribution in [2.24, 2.45) is 0 Å². The summed E-state index contributed by atoms with van der Waals surface area (Å²) in [5.74, 6) is 4.52. The Balaban J connectivity index is 1.94. The molecule has 0 radical (unpaired) electrons. The fourth-order valence-electron chi connectivity index (χ4n) is 2.44. The summed E-state index contributed by atoms with van der Waals surface area (Å²) in [7, 11) is 3.10. The molecule has 9 heteroatoms. The summed E-state index contributed by atoms with van der Waals surface area (Å²) in [4.78, 5) is 25.0. The van der Waals surface area contributed by atoms with Gasteiger partial charge in [-0.2, -0.15) is 23.5 Å². The lowest BCUT2D eigenvalue weighted by atomic mass is 10.2. The van der Waals surface area contributed by atoms with E-state index < -0.39 is 12.2 Å². The first-order valence-electron chi connectivity index (χ1n) is 9.86. The number of rotatable bonds is 10. The monoisotopic (exact) mass is 480 g/mol. The highest BCUT2D eigenvalue weighted by atomic mass is 32.2. The average Bonchev–Trinajstić information content (AvgIpc) is 2.77. The molecule has 2 aromatic rings. The van der Waals surface area contributed by atoms with Gasteiger partial charge in [-0.05, 0) is 23.6 Å². The lowest BCUT2D eigenvalue weighted by Gasteiger charge is -2.22. The fourth-order valence-corrected chi connectivity index (χ4v) is 4.34. The number of carbonyl (C=O) groups is 2. The van der Waals surface area contributed by atoms with Gasteiger partial charge in [-0.1, -0.05) is 50.2 Å². The average molecular weight is 481 g/mol. The standard InChI is InChI=1S/C22H28N2O4S3/c1-5-29-15-17-11-7-9-13-19(17)27-21(25)23(3)31-24(4)22(26)28-20-14-10-8-12-18(20)16-30-6-2/h7-14H,5-6,15-16H2,1-4H3. The molecule has 2 aromatic carbocycles. The molecule has 0 fully saturated rings. The normalized spacial score (nSPS) is 10.5. The number of carbonyl (C=O) groups excluding carboxylic acids is 2. The zero-order valence-electron chi connectivity index (χ0n) is 18.2. The number of hydrogen-bond acceptors (Lipinski definition) is 7. The third kappa shape index (κ3) is 8.23. The van der Waals surface area contributed by atoms with Gasteiger partial charge in [0.25, 0.3) is 0 Å². The van der Waals surface area contributed by atoms with Crippen molar-refractivity contribution in [3.8, 4) is 11.5 Å². The second kappa shape index (κ2) is 13.4. The van der Waals surface area contributed by atoms with Crippen LogP contribution < -0.4 is 9.47 Å². The molecule has 0 unspecified atom stereocenters. The van der Waals surface area contributed by atoms with E-state index in [1.54, 1.807) is 49.8 Å². The number of para-hydroxylation sites is 2. The summed E-state index contributed by atoms with van der Waals surface area (Å²) in [5.41, 5.74) is 1.91. The third-order valence-electron chi connectivity index (χ3n) is 4.02. The smallest absolute Gasteiger partial charge is 0.409 e. The van der Waals surface area contributed by atoms with Crippen LogP contribution in [0.4, 0.5) is 9.59 Å². The first-order chi connectivity index (χ1) is 15.0. The molecule has 0 aliphatic carbocycles. The van der Waals surface area contributed by atoms with Gasteiger partial charge >= 0.3 is 12.2 Å². The van der Waals surface area contributed by atoms with Gasteiger partial charge in [0.05, 0.1) is 12.1 Å². The van der Waals surface area contributed by atoms with E-state index >= 15 is 0 Å². The Morgan fingerprint density at radius 3 is 1.52 bits per heavy atom. The van der Waals surface area contributed by atoms with E-state index in [9.17, 15) is 9.59 Å². The molecule has 6 nitrogen and oxygen atoms in total. The van der Waals surface area contributed by atoms with Crippen LogP contribution in [0, 0.1) is 0 Å². The van der Waals surface area contributed by atoms with Gasteiger partial charge < -0.3 is 9.47 Å². The number of amides is 2. The van der Waals surface area contributed by atoms with Gasteiger partial charge in [0, 0.05) is 36.7 Å². The minimum atomic E-state index is -0.571. The molecular weight excluding hydrogens is 452 g/mol. The van der Waals surface area contributed by atoms with Gasteiger partial charge in [-0.15, -0.1) is 0 Å². The molecule has 0 N–H and O–H groups in total. The molecule has 0 bridgehead atoms. The summed E-state index contributed by atoms with van der Waals surface area (Å²) < 4.78 is 13.6. The van der Waals surface area contributed by atoms with Gasteiger partial charge in [-0.25, -0.2) is 18.2 Å². The molecule has 0 atom stereocenters. The summed E-state index contributed by atoms with van der Waals surface area (Å²) in [5, 5.41) is 0. The molecule has 0 saturated carbocycles. The van der Waals surface area contributed by atoms with E-state index in [2.05, 4.69) is 13.8 Å². The van der Waals surface area contributed by atoms with Crippen molar-refractivity contribution in [2.75, 3.05) is 25.6 Å². The highest BCUT2D eigenvalue weighted by Gasteiger charge is 2.21. The minimum Gasteiger partial charge on any atom is -0.409 e. The molecule has 0 aliphatic heterocycles. The summed E-state index contributed by atoms with van der Waals surface area (Å²) in [6.07, 6.45) is -1.14. The van der Waals surface area contributed by atoms with Crippen molar-refractivity contribution < 1.29 is 19.1 Å². The highest BCUT2D eigenvalue weighted by molar-refractivity contribution is 7.98. The Hall–Kier alpha value is -1.97. The van der Waals surface area contributed by atoms with Crippen LogP contribution in [0.15, 0.2) is 48.5 Å². The van der Waals surface area contributed by atoms with Crippen LogP contribution in [0.3, 0.4) is 0 Å². The Morgan fingerprint density at radius 1 is 0.742 bits per heavy atom. The maximum Gasteiger partial charge on any atom is 0.426 e. The largest absolute Gasteiger partial charge is 0.426 e. The fraction of sp³-hybridized carbons (Fsp3) is 0.364. The molecule has 0 saturated heterocycles. The second-order valence-corrected chi connectivity index (χ2v) is 10.1. The first-order valence-corrected chi connectivity index (χ1v) is 12.9. The molecule has 168 valence electrons. The highest BCUT2D eigenvalue weighted by Crippen LogP contribution is 2.26. The Kier molecular flexibility index (Phi) is 11.0. The zero-order valence-corrected chi connectivity index (χ0v) is 20.6. The SMILES string of the molecule is CCSCc1ccccc1OC(=O)N(C)SN(C)C(=O)Oc1ccccc1CSCC. The van der Waals surface area contributed by atoms with Crippen LogP contribution in [0.25, 0.3) is 0 Å². The van der Waals surface area contributed by atoms with Crippen molar-refractivity contribution in [1.82, 2.24) is 8.61 Å². The van der Waals surface area contributed by atoms with E-state index in [-0.39, 0.29) is 0 Å². The Labute approximate surface area is 197 Å². The van der Waals surface area contributed by atoms with Gasteiger partial charge in [-0.3, -0.25) is 0 Å². The minimum absolute atomic E-state index is 0.522. The van der Waals surface area contributed by atoms with E-state index in [4.69, 9.17) is 9.47 Å². The summed E-state index contributed by atoms with van der Waals surface area (Å²) in [6, 6.07) is 14.9. The van der Waals surface area contributed by atoms with Crippen molar-refractivity contribution in [3.63, 3.8) is 0 Å². The van der Waals surface area contributed by atoms with Crippen LogP contribution in [-0.4, -0.2) is 46.4 Å². The van der Waals surface area contributed by atoms with E-state index in [0.717, 1.165) is 46.3 Å². The van der Waals surface area contributed by atoms with Crippen molar-refractivity contribution in [2.45, 2.75) is 25.4 Å². The van der Waals surface area contributed by atoms with Crippen molar-refractivity contribution in [3.05, 3.63) is 59.7 Å². The second-order valence-electron chi connectivity index (χ2n) is 6.30. The van der Waals surface area contributed by atoms with Crippen LogP contribution in [0.2, 0.25) is 0 Å². The van der Waals surface area contributed by atoms with E-state index in [1.165, 1.54) is 8.61 Å². The maximum absolute atomic E-state index is 12.5. The van der Waals surface area contributed by atoms with Gasteiger partial charge in [0.1, 0.15) is 11.5 Å². The number of ether oxygens (including phenoxy) is 2. The van der Waals surface area contributed by atoms with Gasteiger partial charge in [0.2, 0.25) is 0 Å². The predicted molar refractivity (Wildman–Crippen MR) is 132 cm³/mol. The molecule has 31 heavy (non-hydrogen) atoms. The van der Waals surface area contributed by atoms with E-state index in [1.807, 2.05) is 36.4 Å². The molecule has 0 aromatic heterocycles. The zero-order chi connectivity index (χ0) is 22.6. The van der Waals surface area contributed by atoms with Crippen molar-refractivity contribution in [1.29, 1.82) is 0 Å². The predicted octanol–water partition coefficient (Wildman–Crippen LogP) is 6.32. The quantitative estimate of drug-likeness (QED) is 0.369. The Bertz CT molecular complexity index is 797. The lowest BCUT2D eigenvalue weighted by Crippen LogP contribution is -2.32. The first kappa shape index (κ1) is 25.3. The molecule has 0 spiro atoms. The maximum atomic E-state index is 12.5. The number of thioether (sulfide) groups is 2. The van der Waals surface area contributed by atoms with Crippen LogP contribution in [-0.2, 0) is 11.5 Å². The van der Waals surface area contributed by atoms with Crippen LogP contribution in [0.1, 0.15) is 25.0 Å². The van der Waals surface area contributed by atoms with Crippen LogP contribution >= 0.6 is 35.7 Å². The summed E-state index contributed by atoms with van der Waals surface area (Å²) >= 11 is 4.41. The van der Waals surface area contributed by atoms with Gasteiger partial charge in [0.15, 0.2) is 0 Å². The topological polar surface area (TPSA) is 59.1 Å². The number of nitrogens with zero attached hydrogens (tertiary/aromatic N) is 2. The van der Waals surface area contributed by atoms with Crippen LogP contribution in [0.5, 0.6) is 11.5 Å².